The van der Waals surface area contributed by atoms with Crippen molar-refractivity contribution in [2.45, 2.75) is 13.5 Å². The molecule has 0 unspecified atom stereocenters. The molecule has 128 valence electrons. The molecule has 1 amide bonds. The third kappa shape index (κ3) is 4.07. The number of carbonyl (C=O) groups is 1. The zero-order valence-electron chi connectivity index (χ0n) is 13.9. The molecule has 0 aliphatic rings. The van der Waals surface area contributed by atoms with Gasteiger partial charge in [0.05, 0.1) is 26.5 Å². The largest absolute Gasteiger partial charge is 0.497 e. The molecule has 0 radical (unpaired) electrons. The highest BCUT2D eigenvalue weighted by molar-refractivity contribution is 5.92. The van der Waals surface area contributed by atoms with Gasteiger partial charge in [0.25, 0.3) is 5.56 Å². The zero-order chi connectivity index (χ0) is 17.5. The number of amides is 1. The second kappa shape index (κ2) is 8.05. The van der Waals surface area contributed by atoms with Crippen LogP contribution in [0.2, 0.25) is 0 Å². The summed E-state index contributed by atoms with van der Waals surface area (Å²) in [5, 5.41) is 2.72. The Bertz CT molecular complexity index is 770. The van der Waals surface area contributed by atoms with Crippen LogP contribution in [0.3, 0.4) is 0 Å². The molecule has 0 saturated heterocycles. The van der Waals surface area contributed by atoms with Gasteiger partial charge in [-0.2, -0.15) is 0 Å². The summed E-state index contributed by atoms with van der Waals surface area (Å²) in [6.07, 6.45) is 1.54. The number of nitrogens with zero attached hydrogens (tertiary/aromatic N) is 1. The van der Waals surface area contributed by atoms with E-state index in [0.717, 1.165) is 0 Å². The highest BCUT2D eigenvalue weighted by Crippen LogP contribution is 2.28. The number of hydrogen-bond donors (Lipinski definition) is 1. The molecule has 0 bridgehead atoms. The number of methoxy groups -OCH3 is 2. The van der Waals surface area contributed by atoms with Crippen LogP contribution in [-0.2, 0) is 11.3 Å². The number of benzene rings is 1. The molecule has 0 spiro atoms. The summed E-state index contributed by atoms with van der Waals surface area (Å²) in [6, 6.07) is 8.28. The molecule has 7 nitrogen and oxygen atoms in total. The van der Waals surface area contributed by atoms with Gasteiger partial charge in [0, 0.05) is 12.3 Å². The first-order chi connectivity index (χ1) is 11.6. The number of aromatic nitrogens is 1. The van der Waals surface area contributed by atoms with E-state index in [2.05, 4.69) is 5.32 Å². The van der Waals surface area contributed by atoms with Crippen LogP contribution in [0.25, 0.3) is 0 Å². The summed E-state index contributed by atoms with van der Waals surface area (Å²) in [7, 11) is 3.05. The number of hydrogen-bond acceptors (Lipinski definition) is 5. The van der Waals surface area contributed by atoms with Gasteiger partial charge in [-0.05, 0) is 31.2 Å². The first kappa shape index (κ1) is 17.4. The second-order valence-corrected chi connectivity index (χ2v) is 4.85. The lowest BCUT2D eigenvalue weighted by Crippen LogP contribution is -2.28. The first-order valence-corrected chi connectivity index (χ1v) is 7.43. The van der Waals surface area contributed by atoms with Crippen LogP contribution in [0, 0.1) is 0 Å². The maximum atomic E-state index is 12.2. The molecule has 0 aliphatic heterocycles. The fraction of sp³-hybridized carbons (Fsp3) is 0.294. The normalized spacial score (nSPS) is 10.1. The molecule has 24 heavy (non-hydrogen) atoms. The Kier molecular flexibility index (Phi) is 5.83. The van der Waals surface area contributed by atoms with Crippen molar-refractivity contribution in [2.75, 3.05) is 26.1 Å². The van der Waals surface area contributed by atoms with Crippen molar-refractivity contribution in [3.05, 3.63) is 46.9 Å². The lowest BCUT2D eigenvalue weighted by molar-refractivity contribution is -0.116. The van der Waals surface area contributed by atoms with Gasteiger partial charge in [-0.1, -0.05) is 0 Å². The van der Waals surface area contributed by atoms with Crippen molar-refractivity contribution < 1.29 is 19.0 Å². The Morgan fingerprint density at radius 2 is 1.96 bits per heavy atom. The zero-order valence-corrected chi connectivity index (χ0v) is 13.9. The third-order valence-corrected chi connectivity index (χ3v) is 3.28. The lowest BCUT2D eigenvalue weighted by atomic mass is 10.2. The Morgan fingerprint density at radius 1 is 1.17 bits per heavy atom. The highest BCUT2D eigenvalue weighted by atomic mass is 16.5. The molecule has 1 aromatic carbocycles. The van der Waals surface area contributed by atoms with E-state index in [1.54, 1.807) is 44.4 Å². The number of ether oxygens (including phenoxy) is 3. The van der Waals surface area contributed by atoms with Gasteiger partial charge in [-0.15, -0.1) is 0 Å². The van der Waals surface area contributed by atoms with Crippen LogP contribution < -0.4 is 25.1 Å². The van der Waals surface area contributed by atoms with Gasteiger partial charge >= 0.3 is 0 Å². The van der Waals surface area contributed by atoms with Gasteiger partial charge < -0.3 is 24.1 Å². The first-order valence-electron chi connectivity index (χ1n) is 7.43. The molecular formula is C17H20N2O5. The van der Waals surface area contributed by atoms with E-state index in [9.17, 15) is 9.59 Å². The minimum Gasteiger partial charge on any atom is -0.497 e. The van der Waals surface area contributed by atoms with Gasteiger partial charge in [0.1, 0.15) is 18.0 Å². The number of nitrogens with one attached hydrogen (secondary N) is 1. The molecule has 7 heteroatoms. The molecule has 2 aromatic rings. The molecule has 0 atom stereocenters. The minimum atomic E-state index is -0.353. The van der Waals surface area contributed by atoms with Crippen LogP contribution in [0.15, 0.2) is 41.3 Å². The molecule has 0 aliphatic carbocycles. The molecule has 0 fully saturated rings. The van der Waals surface area contributed by atoms with Crippen molar-refractivity contribution in [2.24, 2.45) is 0 Å². The summed E-state index contributed by atoms with van der Waals surface area (Å²) in [4.78, 5) is 24.4. The Morgan fingerprint density at radius 3 is 2.62 bits per heavy atom. The minimum absolute atomic E-state index is 0.130. The number of rotatable bonds is 7. The predicted octanol–water partition coefficient (Wildman–Crippen LogP) is 1.90. The standard InChI is InChI=1S/C17H20N2O5/c1-4-24-14-6-5-9-19(17(14)21)11-16(20)18-13-8-7-12(22-2)10-15(13)23-3/h5-10H,4,11H2,1-3H3,(H,18,20). The average Bonchev–Trinajstić information content (AvgIpc) is 2.59. The molecule has 0 saturated carbocycles. The predicted molar refractivity (Wildman–Crippen MR) is 90.0 cm³/mol. The van der Waals surface area contributed by atoms with Gasteiger partial charge in [0.15, 0.2) is 5.75 Å². The molecule has 1 N–H and O–H groups in total. The Hall–Kier alpha value is -2.96. The van der Waals surface area contributed by atoms with Gasteiger partial charge in [0.2, 0.25) is 5.91 Å². The molecule has 2 rings (SSSR count). The quantitative estimate of drug-likeness (QED) is 0.838. The maximum Gasteiger partial charge on any atom is 0.293 e. The van der Waals surface area contributed by atoms with Gasteiger partial charge in [-0.25, -0.2) is 0 Å². The summed E-state index contributed by atoms with van der Waals surface area (Å²) < 4.78 is 16.9. The summed E-state index contributed by atoms with van der Waals surface area (Å²) in [6.45, 7) is 2.04. The molecule has 1 aromatic heterocycles. The maximum absolute atomic E-state index is 12.2. The van der Waals surface area contributed by atoms with E-state index in [0.29, 0.717) is 23.8 Å². The van der Waals surface area contributed by atoms with Crippen LogP contribution in [0.5, 0.6) is 17.2 Å². The van der Waals surface area contributed by atoms with E-state index in [-0.39, 0.29) is 23.8 Å². The van der Waals surface area contributed by atoms with E-state index in [4.69, 9.17) is 14.2 Å². The summed E-state index contributed by atoms with van der Waals surface area (Å²) in [5.74, 6) is 0.952. The number of pyridine rings is 1. The topological polar surface area (TPSA) is 78.8 Å². The van der Waals surface area contributed by atoms with E-state index >= 15 is 0 Å². The third-order valence-electron chi connectivity index (χ3n) is 3.28. The Labute approximate surface area is 139 Å². The molecular weight excluding hydrogens is 312 g/mol. The van der Waals surface area contributed by atoms with E-state index < -0.39 is 0 Å². The lowest BCUT2D eigenvalue weighted by Gasteiger charge is -2.12. The Balaban J connectivity index is 2.14. The molecule has 1 heterocycles. The van der Waals surface area contributed by atoms with E-state index in [1.807, 2.05) is 0 Å². The van der Waals surface area contributed by atoms with Crippen LogP contribution in [0.1, 0.15) is 6.92 Å². The highest BCUT2D eigenvalue weighted by Gasteiger charge is 2.11. The summed E-state index contributed by atoms with van der Waals surface area (Å²) >= 11 is 0. The fourth-order valence-corrected chi connectivity index (χ4v) is 2.15. The van der Waals surface area contributed by atoms with E-state index in [1.165, 1.54) is 17.9 Å². The van der Waals surface area contributed by atoms with Crippen molar-refractivity contribution in [3.63, 3.8) is 0 Å². The average molecular weight is 332 g/mol. The van der Waals surface area contributed by atoms with Crippen LogP contribution in [0.4, 0.5) is 5.69 Å². The second-order valence-electron chi connectivity index (χ2n) is 4.85. The number of anilines is 1. The van der Waals surface area contributed by atoms with Gasteiger partial charge in [-0.3, -0.25) is 9.59 Å². The van der Waals surface area contributed by atoms with Crippen LogP contribution in [-0.4, -0.2) is 31.3 Å². The van der Waals surface area contributed by atoms with Crippen LogP contribution >= 0.6 is 0 Å². The summed E-state index contributed by atoms with van der Waals surface area (Å²) in [5.41, 5.74) is 0.147. The van der Waals surface area contributed by atoms with Crippen molar-refractivity contribution in [1.82, 2.24) is 4.57 Å². The fourth-order valence-electron chi connectivity index (χ4n) is 2.15. The monoisotopic (exact) mass is 332 g/mol. The SMILES string of the molecule is CCOc1cccn(CC(=O)Nc2ccc(OC)cc2OC)c1=O. The smallest absolute Gasteiger partial charge is 0.293 e. The van der Waals surface area contributed by atoms with Crippen molar-refractivity contribution in [1.29, 1.82) is 0 Å². The van der Waals surface area contributed by atoms with Crippen molar-refractivity contribution >= 4 is 11.6 Å². The van der Waals surface area contributed by atoms with Crippen molar-refractivity contribution in [3.8, 4) is 17.2 Å². The number of carbonyl (C=O) groups excluding carboxylic acids is 1.